The molecule has 5 nitrogen and oxygen atoms in total. The highest BCUT2D eigenvalue weighted by molar-refractivity contribution is 9.10. The van der Waals surface area contributed by atoms with Crippen LogP contribution >= 0.6 is 15.9 Å². The maximum atomic E-state index is 13.0. The molecule has 144 valence electrons. The zero-order valence-corrected chi connectivity index (χ0v) is 17.3. The minimum atomic E-state index is -0.369. The Hall–Kier alpha value is -2.86. The number of benzene rings is 2. The standard InChI is InChI=1S/C22H21BrN2O3/c1-3-28-21-17(23)13-16(14-19(21)27-2)22(26)25-20(15-9-5-4-6-10-15)18-11-7-8-12-24-18/h4-14,20H,3H2,1-2H3,(H,25,26). The van der Waals surface area contributed by atoms with Crippen LogP contribution in [0.4, 0.5) is 0 Å². The van der Waals surface area contributed by atoms with Crippen molar-refractivity contribution < 1.29 is 14.3 Å². The number of carbonyl (C=O) groups excluding carboxylic acids is 1. The number of pyridine rings is 1. The number of amides is 1. The highest BCUT2D eigenvalue weighted by atomic mass is 79.9. The van der Waals surface area contributed by atoms with Crippen LogP contribution < -0.4 is 14.8 Å². The third-order valence-electron chi connectivity index (χ3n) is 4.17. The van der Waals surface area contributed by atoms with E-state index < -0.39 is 0 Å². The summed E-state index contributed by atoms with van der Waals surface area (Å²) >= 11 is 3.47. The van der Waals surface area contributed by atoms with Gasteiger partial charge in [-0.25, -0.2) is 0 Å². The Morgan fingerprint density at radius 3 is 2.54 bits per heavy atom. The summed E-state index contributed by atoms with van der Waals surface area (Å²) in [6, 6.07) is 18.4. The molecular formula is C22H21BrN2O3. The fourth-order valence-electron chi connectivity index (χ4n) is 2.87. The van der Waals surface area contributed by atoms with E-state index >= 15 is 0 Å². The fraction of sp³-hybridized carbons (Fsp3) is 0.182. The molecule has 0 bridgehead atoms. The van der Waals surface area contributed by atoms with Crippen molar-refractivity contribution in [3.8, 4) is 11.5 Å². The van der Waals surface area contributed by atoms with Gasteiger partial charge in [-0.15, -0.1) is 0 Å². The lowest BCUT2D eigenvalue weighted by atomic mass is 10.0. The van der Waals surface area contributed by atoms with Gasteiger partial charge in [0.2, 0.25) is 0 Å². The van der Waals surface area contributed by atoms with Gasteiger partial charge in [-0.1, -0.05) is 36.4 Å². The number of nitrogens with zero attached hydrogens (tertiary/aromatic N) is 1. The molecule has 1 aromatic heterocycles. The third kappa shape index (κ3) is 4.51. The molecule has 1 heterocycles. The van der Waals surface area contributed by atoms with Crippen LogP contribution in [0.3, 0.4) is 0 Å². The summed E-state index contributed by atoms with van der Waals surface area (Å²) < 4.78 is 11.7. The SMILES string of the molecule is CCOc1c(Br)cc(C(=O)NC(c2ccccc2)c2ccccn2)cc1OC. The van der Waals surface area contributed by atoms with Gasteiger partial charge in [0.05, 0.1) is 29.9 Å². The number of hydrogen-bond donors (Lipinski definition) is 1. The number of aromatic nitrogens is 1. The first kappa shape index (κ1) is 19.9. The monoisotopic (exact) mass is 440 g/mol. The van der Waals surface area contributed by atoms with Gasteiger partial charge in [-0.2, -0.15) is 0 Å². The van der Waals surface area contributed by atoms with E-state index in [-0.39, 0.29) is 11.9 Å². The lowest BCUT2D eigenvalue weighted by molar-refractivity contribution is 0.0941. The summed E-state index contributed by atoms with van der Waals surface area (Å²) in [5.41, 5.74) is 2.18. The van der Waals surface area contributed by atoms with Crippen LogP contribution in [0, 0.1) is 0 Å². The predicted octanol–water partition coefficient (Wildman–Crippen LogP) is 4.77. The minimum Gasteiger partial charge on any atom is -0.493 e. The Morgan fingerprint density at radius 2 is 1.89 bits per heavy atom. The highest BCUT2D eigenvalue weighted by Gasteiger charge is 2.21. The third-order valence-corrected chi connectivity index (χ3v) is 4.76. The molecule has 28 heavy (non-hydrogen) atoms. The largest absolute Gasteiger partial charge is 0.493 e. The molecule has 0 aliphatic carbocycles. The van der Waals surface area contributed by atoms with Gasteiger partial charge in [0.25, 0.3) is 5.91 Å². The lowest BCUT2D eigenvalue weighted by Crippen LogP contribution is -2.30. The van der Waals surface area contributed by atoms with E-state index in [4.69, 9.17) is 9.47 Å². The van der Waals surface area contributed by atoms with Crippen molar-refractivity contribution in [1.82, 2.24) is 10.3 Å². The van der Waals surface area contributed by atoms with Crippen molar-refractivity contribution in [3.05, 3.63) is 88.2 Å². The highest BCUT2D eigenvalue weighted by Crippen LogP contribution is 2.36. The summed E-state index contributed by atoms with van der Waals surface area (Å²) in [7, 11) is 1.55. The number of ether oxygens (including phenoxy) is 2. The lowest BCUT2D eigenvalue weighted by Gasteiger charge is -2.20. The second-order valence-corrected chi connectivity index (χ2v) is 6.85. The van der Waals surface area contributed by atoms with Crippen LogP contribution in [0.25, 0.3) is 0 Å². The fourth-order valence-corrected chi connectivity index (χ4v) is 3.43. The van der Waals surface area contributed by atoms with Crippen molar-refractivity contribution >= 4 is 21.8 Å². The van der Waals surface area contributed by atoms with E-state index in [1.165, 1.54) is 0 Å². The van der Waals surface area contributed by atoms with Crippen molar-refractivity contribution in [3.63, 3.8) is 0 Å². The second-order valence-electron chi connectivity index (χ2n) is 5.99. The average molecular weight is 441 g/mol. The molecule has 0 saturated heterocycles. The van der Waals surface area contributed by atoms with Crippen molar-refractivity contribution in [2.45, 2.75) is 13.0 Å². The molecule has 0 saturated carbocycles. The molecule has 1 amide bonds. The summed E-state index contributed by atoms with van der Waals surface area (Å²) in [5, 5.41) is 3.08. The first-order valence-electron chi connectivity index (χ1n) is 8.91. The summed E-state index contributed by atoms with van der Waals surface area (Å²) in [4.78, 5) is 17.5. The molecule has 0 aliphatic heterocycles. The van der Waals surface area contributed by atoms with Crippen LogP contribution in [0.2, 0.25) is 0 Å². The number of rotatable bonds is 7. The topological polar surface area (TPSA) is 60.5 Å². The summed E-state index contributed by atoms with van der Waals surface area (Å²) in [6.45, 7) is 2.39. The van der Waals surface area contributed by atoms with E-state index in [1.807, 2.05) is 55.5 Å². The molecule has 1 unspecified atom stereocenters. The van der Waals surface area contributed by atoms with Crippen LogP contribution in [-0.4, -0.2) is 24.6 Å². The predicted molar refractivity (Wildman–Crippen MR) is 112 cm³/mol. The molecule has 1 atom stereocenters. The quantitative estimate of drug-likeness (QED) is 0.574. The summed E-state index contributed by atoms with van der Waals surface area (Å²) in [5.74, 6) is 0.836. The Labute approximate surface area is 172 Å². The Morgan fingerprint density at radius 1 is 1.14 bits per heavy atom. The van der Waals surface area contributed by atoms with Crippen LogP contribution in [0.15, 0.2) is 71.3 Å². The molecule has 1 N–H and O–H groups in total. The van der Waals surface area contributed by atoms with E-state index in [1.54, 1.807) is 25.4 Å². The molecule has 0 fully saturated rings. The molecule has 0 aliphatic rings. The summed E-state index contributed by atoms with van der Waals surface area (Å²) in [6.07, 6.45) is 1.72. The second kappa shape index (κ2) is 9.37. The number of nitrogens with one attached hydrogen (secondary N) is 1. The van der Waals surface area contributed by atoms with Crippen LogP contribution in [0.5, 0.6) is 11.5 Å². The zero-order valence-electron chi connectivity index (χ0n) is 15.7. The van der Waals surface area contributed by atoms with Gasteiger partial charge in [0, 0.05) is 11.8 Å². The number of halogens is 1. The molecule has 6 heteroatoms. The smallest absolute Gasteiger partial charge is 0.252 e. The van der Waals surface area contributed by atoms with Gasteiger partial charge in [0.15, 0.2) is 11.5 Å². The normalized spacial score (nSPS) is 11.5. The van der Waals surface area contributed by atoms with Gasteiger partial charge in [-0.3, -0.25) is 9.78 Å². The van der Waals surface area contributed by atoms with E-state index in [9.17, 15) is 4.79 Å². The number of carbonyl (C=O) groups is 1. The Balaban J connectivity index is 1.94. The molecular weight excluding hydrogens is 420 g/mol. The van der Waals surface area contributed by atoms with Crippen molar-refractivity contribution in [2.24, 2.45) is 0 Å². The van der Waals surface area contributed by atoms with E-state index in [0.717, 1.165) is 11.3 Å². The Bertz CT molecular complexity index is 894. The first-order valence-corrected chi connectivity index (χ1v) is 9.70. The molecule has 2 aromatic carbocycles. The van der Waals surface area contributed by atoms with E-state index in [2.05, 4.69) is 26.2 Å². The maximum absolute atomic E-state index is 13.0. The zero-order chi connectivity index (χ0) is 19.9. The molecule has 0 radical (unpaired) electrons. The van der Waals surface area contributed by atoms with Gasteiger partial charge in [-0.05, 0) is 52.7 Å². The number of hydrogen-bond acceptors (Lipinski definition) is 4. The van der Waals surface area contributed by atoms with Crippen molar-refractivity contribution in [2.75, 3.05) is 13.7 Å². The van der Waals surface area contributed by atoms with Gasteiger partial charge < -0.3 is 14.8 Å². The minimum absolute atomic E-state index is 0.235. The van der Waals surface area contributed by atoms with Crippen LogP contribution in [-0.2, 0) is 0 Å². The maximum Gasteiger partial charge on any atom is 0.252 e. The first-order chi connectivity index (χ1) is 13.6. The van der Waals surface area contributed by atoms with Gasteiger partial charge >= 0.3 is 0 Å². The Kier molecular flexibility index (Phi) is 6.66. The van der Waals surface area contributed by atoms with Crippen molar-refractivity contribution in [1.29, 1.82) is 0 Å². The molecule has 3 aromatic rings. The number of methoxy groups -OCH3 is 1. The molecule has 3 rings (SSSR count). The average Bonchev–Trinajstić information content (AvgIpc) is 2.74. The van der Waals surface area contributed by atoms with Gasteiger partial charge in [0.1, 0.15) is 0 Å². The van der Waals surface area contributed by atoms with Crippen LogP contribution in [0.1, 0.15) is 34.6 Å². The molecule has 0 spiro atoms. The van der Waals surface area contributed by atoms with E-state index in [0.29, 0.717) is 28.1 Å².